The first kappa shape index (κ1) is 6.55. The summed E-state index contributed by atoms with van der Waals surface area (Å²) in [7, 11) is 1.64. The minimum atomic E-state index is 0.762. The van der Waals surface area contributed by atoms with Gasteiger partial charge in [-0.1, -0.05) is 0 Å². The van der Waals surface area contributed by atoms with Gasteiger partial charge in [-0.25, -0.2) is 4.98 Å². The molecule has 0 aromatic carbocycles. The van der Waals surface area contributed by atoms with Gasteiger partial charge in [0.1, 0.15) is 0 Å². The van der Waals surface area contributed by atoms with E-state index in [1.807, 2.05) is 13.8 Å². The molecule has 1 rings (SSSR count). The van der Waals surface area contributed by atoms with Crippen LogP contribution in [0.25, 0.3) is 0 Å². The summed E-state index contributed by atoms with van der Waals surface area (Å²) < 4.78 is 4.97. The summed E-state index contributed by atoms with van der Waals surface area (Å²) in [6.45, 7) is 3.98. The molecule has 1 aromatic heterocycles. The molecule has 50 valence electrons. The van der Waals surface area contributed by atoms with E-state index >= 15 is 0 Å². The predicted octanol–water partition coefficient (Wildman–Crippen LogP) is 1.77. The van der Waals surface area contributed by atoms with Gasteiger partial charge in [0.15, 0.2) is 0 Å². The predicted molar refractivity (Wildman–Crippen MR) is 38.1 cm³/mol. The molecule has 0 fully saturated rings. The number of thiazole rings is 1. The monoisotopic (exact) mass is 143 g/mol. The van der Waals surface area contributed by atoms with E-state index in [2.05, 4.69) is 4.98 Å². The molecule has 0 aliphatic heterocycles. The number of methoxy groups -OCH3 is 1. The molecule has 0 radical (unpaired) electrons. The number of aromatic nitrogens is 1. The van der Waals surface area contributed by atoms with E-state index in [1.54, 1.807) is 18.4 Å². The number of rotatable bonds is 1. The normalized spacial score (nSPS) is 9.67. The van der Waals surface area contributed by atoms with Crippen LogP contribution < -0.4 is 4.74 Å². The van der Waals surface area contributed by atoms with Crippen molar-refractivity contribution in [3.8, 4) is 5.88 Å². The maximum absolute atomic E-state index is 4.97. The molecule has 0 amide bonds. The van der Waals surface area contributed by atoms with E-state index < -0.39 is 0 Å². The first-order valence-electron chi connectivity index (χ1n) is 2.72. The molecule has 0 saturated carbocycles. The van der Waals surface area contributed by atoms with Crippen LogP contribution in [-0.2, 0) is 0 Å². The van der Waals surface area contributed by atoms with Gasteiger partial charge in [0.2, 0.25) is 5.88 Å². The Morgan fingerprint density at radius 2 is 2.11 bits per heavy atom. The highest BCUT2D eigenvalue weighted by Gasteiger charge is 2.01. The third kappa shape index (κ3) is 1.21. The number of nitrogens with zero attached hydrogens (tertiary/aromatic N) is 1. The van der Waals surface area contributed by atoms with Crippen LogP contribution in [0.2, 0.25) is 0 Å². The highest BCUT2D eigenvalue weighted by molar-refractivity contribution is 7.11. The van der Waals surface area contributed by atoms with E-state index in [9.17, 15) is 0 Å². The Balaban J connectivity index is 3.01. The lowest BCUT2D eigenvalue weighted by molar-refractivity contribution is 0.397. The number of aryl methyl sites for hydroxylation is 2. The number of hydrogen-bond acceptors (Lipinski definition) is 3. The molecule has 2 nitrogen and oxygen atoms in total. The van der Waals surface area contributed by atoms with Crippen LogP contribution in [0.5, 0.6) is 5.88 Å². The largest absolute Gasteiger partial charge is 0.480 e. The number of ether oxygens (including phenoxy) is 1. The second kappa shape index (κ2) is 2.35. The minimum absolute atomic E-state index is 0.762. The zero-order valence-electron chi connectivity index (χ0n) is 5.76. The van der Waals surface area contributed by atoms with Crippen LogP contribution >= 0.6 is 11.3 Å². The number of hydrogen-bond donors (Lipinski definition) is 0. The van der Waals surface area contributed by atoms with Crippen molar-refractivity contribution in [2.45, 2.75) is 13.8 Å². The van der Waals surface area contributed by atoms with Crippen LogP contribution in [0.15, 0.2) is 0 Å². The summed E-state index contributed by atoms with van der Waals surface area (Å²) in [5.41, 5.74) is 0. The molecular weight excluding hydrogens is 134 g/mol. The average Bonchev–Trinajstić information content (AvgIpc) is 2.10. The Morgan fingerprint density at radius 1 is 1.44 bits per heavy atom. The minimum Gasteiger partial charge on any atom is -0.480 e. The summed E-state index contributed by atoms with van der Waals surface area (Å²) in [5, 5.41) is 1.06. The van der Waals surface area contributed by atoms with Gasteiger partial charge in [-0.3, -0.25) is 0 Å². The summed E-state index contributed by atoms with van der Waals surface area (Å²) >= 11 is 1.66. The van der Waals surface area contributed by atoms with Crippen molar-refractivity contribution in [1.29, 1.82) is 0 Å². The fraction of sp³-hybridized carbons (Fsp3) is 0.500. The fourth-order valence-electron chi connectivity index (χ4n) is 0.699. The van der Waals surface area contributed by atoms with E-state index in [0.717, 1.165) is 15.8 Å². The zero-order valence-corrected chi connectivity index (χ0v) is 6.58. The van der Waals surface area contributed by atoms with Gasteiger partial charge in [-0.2, -0.15) is 0 Å². The van der Waals surface area contributed by atoms with Crippen molar-refractivity contribution in [3.63, 3.8) is 0 Å². The van der Waals surface area contributed by atoms with Gasteiger partial charge in [0, 0.05) is 0 Å². The summed E-state index contributed by atoms with van der Waals surface area (Å²) in [6.07, 6.45) is 0. The summed E-state index contributed by atoms with van der Waals surface area (Å²) in [5.74, 6) is 0.762. The first-order chi connectivity index (χ1) is 4.24. The van der Waals surface area contributed by atoms with Gasteiger partial charge in [-0.05, 0) is 13.8 Å². The molecule has 0 bridgehead atoms. The van der Waals surface area contributed by atoms with Gasteiger partial charge in [0.05, 0.1) is 17.0 Å². The molecular formula is C6H9NOS. The van der Waals surface area contributed by atoms with Gasteiger partial charge in [-0.15, -0.1) is 11.3 Å². The zero-order chi connectivity index (χ0) is 6.85. The third-order valence-electron chi connectivity index (χ3n) is 1.05. The maximum Gasteiger partial charge on any atom is 0.227 e. The van der Waals surface area contributed by atoms with Gasteiger partial charge in [0.25, 0.3) is 0 Å². The van der Waals surface area contributed by atoms with Crippen LogP contribution in [0.4, 0.5) is 0 Å². The van der Waals surface area contributed by atoms with Crippen molar-refractivity contribution in [3.05, 3.63) is 9.88 Å². The highest BCUT2D eigenvalue weighted by atomic mass is 32.1. The topological polar surface area (TPSA) is 22.1 Å². The van der Waals surface area contributed by atoms with E-state index in [1.165, 1.54) is 0 Å². The van der Waals surface area contributed by atoms with Crippen molar-refractivity contribution in [2.75, 3.05) is 7.11 Å². The highest BCUT2D eigenvalue weighted by Crippen LogP contribution is 2.22. The molecule has 9 heavy (non-hydrogen) atoms. The third-order valence-corrected chi connectivity index (χ3v) is 1.92. The van der Waals surface area contributed by atoms with Gasteiger partial charge < -0.3 is 4.74 Å². The first-order valence-corrected chi connectivity index (χ1v) is 3.53. The van der Waals surface area contributed by atoms with Crippen molar-refractivity contribution in [1.82, 2.24) is 4.98 Å². The van der Waals surface area contributed by atoms with Crippen molar-refractivity contribution < 1.29 is 4.74 Å². The van der Waals surface area contributed by atoms with Crippen LogP contribution in [-0.4, -0.2) is 12.1 Å². The van der Waals surface area contributed by atoms with Crippen molar-refractivity contribution >= 4 is 11.3 Å². The second-order valence-corrected chi connectivity index (χ2v) is 3.21. The molecule has 0 atom stereocenters. The molecule has 0 unspecified atom stereocenters. The lowest BCUT2D eigenvalue weighted by Crippen LogP contribution is -1.83. The summed E-state index contributed by atoms with van der Waals surface area (Å²) in [4.78, 5) is 5.27. The molecule has 0 saturated heterocycles. The van der Waals surface area contributed by atoms with Crippen LogP contribution in [0, 0.1) is 13.8 Å². The Morgan fingerprint density at radius 3 is 2.33 bits per heavy atom. The van der Waals surface area contributed by atoms with Gasteiger partial charge >= 0.3 is 0 Å². The SMILES string of the molecule is COc1nc(C)sc1C. The second-order valence-electron chi connectivity index (χ2n) is 1.80. The Kier molecular flexibility index (Phi) is 1.71. The molecule has 1 heterocycles. The quantitative estimate of drug-likeness (QED) is 0.597. The molecule has 3 heteroatoms. The van der Waals surface area contributed by atoms with Crippen LogP contribution in [0.3, 0.4) is 0 Å². The van der Waals surface area contributed by atoms with E-state index in [0.29, 0.717) is 0 Å². The molecule has 0 aliphatic rings. The molecule has 0 N–H and O–H groups in total. The van der Waals surface area contributed by atoms with Crippen LogP contribution in [0.1, 0.15) is 9.88 Å². The smallest absolute Gasteiger partial charge is 0.227 e. The average molecular weight is 143 g/mol. The van der Waals surface area contributed by atoms with E-state index in [4.69, 9.17) is 4.74 Å². The molecule has 0 spiro atoms. The van der Waals surface area contributed by atoms with Crippen molar-refractivity contribution in [2.24, 2.45) is 0 Å². The Bertz CT molecular complexity index is 207. The molecule has 0 aliphatic carbocycles. The maximum atomic E-state index is 4.97. The lowest BCUT2D eigenvalue weighted by atomic mass is 10.6. The molecule has 1 aromatic rings. The Labute approximate surface area is 58.5 Å². The Hall–Kier alpha value is -0.570. The standard InChI is InChI=1S/C6H9NOS/c1-4-6(8-3)7-5(2)9-4/h1-3H3. The van der Waals surface area contributed by atoms with E-state index in [-0.39, 0.29) is 0 Å². The summed E-state index contributed by atoms with van der Waals surface area (Å²) in [6, 6.07) is 0. The fourth-order valence-corrected chi connectivity index (χ4v) is 1.49. The lowest BCUT2D eigenvalue weighted by Gasteiger charge is -1.90.